The number of halogens is 1. The maximum atomic E-state index is 12.2. The van der Waals surface area contributed by atoms with Crippen LogP contribution in [0.1, 0.15) is 37.4 Å². The van der Waals surface area contributed by atoms with E-state index in [1.165, 1.54) is 0 Å². The second kappa shape index (κ2) is 7.62. The van der Waals surface area contributed by atoms with Crippen LogP contribution >= 0.6 is 11.6 Å². The Kier molecular flexibility index (Phi) is 5.80. The van der Waals surface area contributed by atoms with Gasteiger partial charge >= 0.3 is 0 Å². The summed E-state index contributed by atoms with van der Waals surface area (Å²) >= 11 is 6.26. The summed E-state index contributed by atoms with van der Waals surface area (Å²) in [6.07, 6.45) is 0.266. The molecule has 0 aromatic heterocycles. The summed E-state index contributed by atoms with van der Waals surface area (Å²) in [6, 6.07) is 17.1. The van der Waals surface area contributed by atoms with Crippen molar-refractivity contribution in [1.82, 2.24) is 5.32 Å². The number of carbonyl (C=O) groups excluding carboxylic acids is 1. The number of nitrogens with one attached hydrogen (secondary N) is 1. The van der Waals surface area contributed by atoms with Crippen LogP contribution in [-0.4, -0.2) is 12.5 Å². The Bertz CT molecular complexity index is 655. The van der Waals surface area contributed by atoms with Crippen molar-refractivity contribution in [2.24, 2.45) is 5.73 Å². The van der Waals surface area contributed by atoms with Crippen LogP contribution in [0.25, 0.3) is 0 Å². The molecule has 2 rings (SSSR count). The zero-order valence-electron chi connectivity index (χ0n) is 13.6. The van der Waals surface area contributed by atoms with E-state index in [-0.39, 0.29) is 23.8 Å². The van der Waals surface area contributed by atoms with Crippen LogP contribution in [0.5, 0.6) is 0 Å². The molecule has 2 aromatic rings. The first kappa shape index (κ1) is 17.5. The standard InChI is InChI=1S/C19H23ClN2O/c1-19(2,15-10-6-7-11-16(15)20)13-22-18(23)12-17(21)14-8-4-3-5-9-14/h3-11,17H,12-13,21H2,1-2H3,(H,22,23). The lowest BCUT2D eigenvalue weighted by atomic mass is 9.84. The molecule has 4 heteroatoms. The van der Waals surface area contributed by atoms with Crippen molar-refractivity contribution in [3.8, 4) is 0 Å². The molecule has 0 fully saturated rings. The van der Waals surface area contributed by atoms with E-state index >= 15 is 0 Å². The Balaban J connectivity index is 1.92. The summed E-state index contributed by atoms with van der Waals surface area (Å²) in [5, 5.41) is 3.69. The zero-order valence-corrected chi connectivity index (χ0v) is 14.3. The van der Waals surface area contributed by atoms with Gasteiger partial charge < -0.3 is 11.1 Å². The van der Waals surface area contributed by atoms with Crippen molar-refractivity contribution < 1.29 is 4.79 Å². The number of carbonyl (C=O) groups is 1. The van der Waals surface area contributed by atoms with Gasteiger partial charge in [-0.3, -0.25) is 4.79 Å². The molecule has 3 N–H and O–H groups in total. The number of hydrogen-bond acceptors (Lipinski definition) is 2. The van der Waals surface area contributed by atoms with Crippen LogP contribution in [0, 0.1) is 0 Å². The highest BCUT2D eigenvalue weighted by atomic mass is 35.5. The smallest absolute Gasteiger partial charge is 0.221 e. The van der Waals surface area contributed by atoms with Gasteiger partial charge in [0, 0.05) is 29.4 Å². The largest absolute Gasteiger partial charge is 0.355 e. The first-order valence-electron chi connectivity index (χ1n) is 7.72. The molecule has 1 unspecified atom stereocenters. The van der Waals surface area contributed by atoms with Gasteiger partial charge in [-0.25, -0.2) is 0 Å². The van der Waals surface area contributed by atoms with Crippen molar-refractivity contribution in [3.63, 3.8) is 0 Å². The molecule has 0 spiro atoms. The quantitative estimate of drug-likeness (QED) is 0.845. The minimum atomic E-state index is -0.292. The average molecular weight is 331 g/mol. The number of amides is 1. The van der Waals surface area contributed by atoms with Gasteiger partial charge in [0.25, 0.3) is 0 Å². The fraction of sp³-hybridized carbons (Fsp3) is 0.316. The predicted molar refractivity (Wildman–Crippen MR) is 95.5 cm³/mol. The number of benzene rings is 2. The van der Waals surface area contributed by atoms with Crippen molar-refractivity contribution in [1.29, 1.82) is 0 Å². The van der Waals surface area contributed by atoms with Gasteiger partial charge in [-0.2, -0.15) is 0 Å². The van der Waals surface area contributed by atoms with Gasteiger partial charge in [0.2, 0.25) is 5.91 Å². The molecule has 122 valence electrons. The van der Waals surface area contributed by atoms with Crippen LogP contribution in [0.15, 0.2) is 54.6 Å². The highest BCUT2D eigenvalue weighted by molar-refractivity contribution is 6.31. The van der Waals surface area contributed by atoms with Crippen LogP contribution in [0.4, 0.5) is 0 Å². The zero-order chi connectivity index (χ0) is 16.9. The van der Waals surface area contributed by atoms with E-state index in [1.54, 1.807) is 0 Å². The SMILES string of the molecule is CC(C)(CNC(=O)CC(N)c1ccccc1)c1ccccc1Cl. The van der Waals surface area contributed by atoms with Gasteiger partial charge in [0.15, 0.2) is 0 Å². The lowest BCUT2D eigenvalue weighted by Crippen LogP contribution is -2.38. The van der Waals surface area contributed by atoms with Gasteiger partial charge in [-0.1, -0.05) is 74.0 Å². The molecule has 23 heavy (non-hydrogen) atoms. The number of nitrogens with two attached hydrogens (primary N) is 1. The van der Waals surface area contributed by atoms with E-state index in [1.807, 2.05) is 54.6 Å². The van der Waals surface area contributed by atoms with Gasteiger partial charge in [0.1, 0.15) is 0 Å². The van der Waals surface area contributed by atoms with E-state index in [9.17, 15) is 4.79 Å². The summed E-state index contributed by atoms with van der Waals surface area (Å²) in [4.78, 5) is 12.2. The molecule has 0 saturated heterocycles. The molecule has 0 heterocycles. The van der Waals surface area contributed by atoms with Crippen LogP contribution in [0.2, 0.25) is 5.02 Å². The molecule has 2 aromatic carbocycles. The third kappa shape index (κ3) is 4.81. The summed E-state index contributed by atoms with van der Waals surface area (Å²) in [5.41, 5.74) is 7.83. The second-order valence-electron chi connectivity index (χ2n) is 6.36. The first-order valence-corrected chi connectivity index (χ1v) is 8.10. The summed E-state index contributed by atoms with van der Waals surface area (Å²) < 4.78 is 0. The molecule has 3 nitrogen and oxygen atoms in total. The van der Waals surface area contributed by atoms with Crippen LogP contribution < -0.4 is 11.1 Å². The third-order valence-electron chi connectivity index (χ3n) is 3.96. The van der Waals surface area contributed by atoms with Crippen LogP contribution in [-0.2, 0) is 10.2 Å². The molecule has 0 aliphatic rings. The molecule has 0 aliphatic carbocycles. The second-order valence-corrected chi connectivity index (χ2v) is 6.77. The lowest BCUT2D eigenvalue weighted by molar-refractivity contribution is -0.121. The average Bonchev–Trinajstić information content (AvgIpc) is 2.54. The Morgan fingerprint density at radius 2 is 1.74 bits per heavy atom. The summed E-state index contributed by atoms with van der Waals surface area (Å²) in [5.74, 6) is -0.0542. The molecule has 1 amide bonds. The fourth-order valence-electron chi connectivity index (χ4n) is 2.51. The maximum absolute atomic E-state index is 12.2. The fourth-order valence-corrected chi connectivity index (χ4v) is 2.91. The van der Waals surface area contributed by atoms with Crippen molar-refractivity contribution in [2.45, 2.75) is 31.7 Å². The van der Waals surface area contributed by atoms with Crippen molar-refractivity contribution in [3.05, 3.63) is 70.7 Å². The topological polar surface area (TPSA) is 55.1 Å². The molecular weight excluding hydrogens is 308 g/mol. The van der Waals surface area contributed by atoms with Gasteiger partial charge in [-0.15, -0.1) is 0 Å². The van der Waals surface area contributed by atoms with E-state index in [2.05, 4.69) is 19.2 Å². The van der Waals surface area contributed by atoms with E-state index < -0.39 is 0 Å². The Morgan fingerprint density at radius 3 is 2.39 bits per heavy atom. The van der Waals surface area contributed by atoms with E-state index in [4.69, 9.17) is 17.3 Å². The highest BCUT2D eigenvalue weighted by Gasteiger charge is 2.24. The first-order chi connectivity index (χ1) is 10.9. The summed E-state index contributed by atoms with van der Waals surface area (Å²) in [7, 11) is 0. The molecule has 1 atom stereocenters. The minimum Gasteiger partial charge on any atom is -0.355 e. The predicted octanol–water partition coefficient (Wildman–Crippen LogP) is 3.82. The molecular formula is C19H23ClN2O. The minimum absolute atomic E-state index is 0.0542. The van der Waals surface area contributed by atoms with E-state index in [0.29, 0.717) is 11.6 Å². The lowest BCUT2D eigenvalue weighted by Gasteiger charge is -2.27. The van der Waals surface area contributed by atoms with Gasteiger partial charge in [-0.05, 0) is 17.2 Å². The summed E-state index contributed by atoms with van der Waals surface area (Å²) in [6.45, 7) is 4.63. The number of rotatable bonds is 6. The molecule has 0 saturated carbocycles. The number of hydrogen-bond donors (Lipinski definition) is 2. The highest BCUT2D eigenvalue weighted by Crippen LogP contribution is 2.29. The normalized spacial score (nSPS) is 12.7. The molecule has 0 radical (unpaired) electrons. The Labute approximate surface area is 142 Å². The molecule has 0 bridgehead atoms. The van der Waals surface area contributed by atoms with Crippen LogP contribution in [0.3, 0.4) is 0 Å². The van der Waals surface area contributed by atoms with Gasteiger partial charge in [0.05, 0.1) is 0 Å². The molecule has 0 aliphatic heterocycles. The van der Waals surface area contributed by atoms with Crippen molar-refractivity contribution >= 4 is 17.5 Å². The van der Waals surface area contributed by atoms with E-state index in [0.717, 1.165) is 11.1 Å². The van der Waals surface area contributed by atoms with Crippen molar-refractivity contribution in [2.75, 3.05) is 6.54 Å². The maximum Gasteiger partial charge on any atom is 0.221 e. The Morgan fingerprint density at radius 1 is 1.13 bits per heavy atom. The third-order valence-corrected chi connectivity index (χ3v) is 4.29. The Hall–Kier alpha value is -1.84. The monoisotopic (exact) mass is 330 g/mol.